The molecule has 1 amide bonds. The number of thioether (sulfide) groups is 1. The van der Waals surface area contributed by atoms with Gasteiger partial charge >= 0.3 is 0 Å². The van der Waals surface area contributed by atoms with Crippen LogP contribution in [0, 0.1) is 5.92 Å². The summed E-state index contributed by atoms with van der Waals surface area (Å²) in [6, 6.07) is 0.390. The van der Waals surface area contributed by atoms with Gasteiger partial charge in [-0.25, -0.2) is 0 Å². The lowest BCUT2D eigenvalue weighted by atomic mass is 10.1. The second-order valence-corrected chi connectivity index (χ2v) is 5.08. The third kappa shape index (κ3) is 2.89. The number of amides is 1. The van der Waals surface area contributed by atoms with Gasteiger partial charge in [0, 0.05) is 30.0 Å². The average molecular weight is 216 g/mol. The Bertz CT molecular complexity index is 199. The maximum atomic E-state index is 12.0. The monoisotopic (exact) mass is 216 g/mol. The van der Waals surface area contributed by atoms with E-state index in [-0.39, 0.29) is 11.8 Å². The Kier molecular flexibility index (Phi) is 4.75. The molecule has 14 heavy (non-hydrogen) atoms. The highest BCUT2D eigenvalue weighted by Gasteiger charge is 2.26. The zero-order valence-electron chi connectivity index (χ0n) is 9.03. The van der Waals surface area contributed by atoms with Gasteiger partial charge in [-0.3, -0.25) is 4.79 Å². The molecule has 0 saturated carbocycles. The number of rotatable bonds is 3. The molecule has 0 spiro atoms. The van der Waals surface area contributed by atoms with E-state index in [1.54, 1.807) is 0 Å². The van der Waals surface area contributed by atoms with Gasteiger partial charge in [0.05, 0.1) is 0 Å². The van der Waals surface area contributed by atoms with E-state index < -0.39 is 0 Å². The highest BCUT2D eigenvalue weighted by molar-refractivity contribution is 7.99. The lowest BCUT2D eigenvalue weighted by Gasteiger charge is -2.34. The number of nitrogens with zero attached hydrogens (tertiary/aromatic N) is 1. The van der Waals surface area contributed by atoms with Crippen molar-refractivity contribution in [2.24, 2.45) is 11.7 Å². The first-order chi connectivity index (χ1) is 6.66. The van der Waals surface area contributed by atoms with Crippen molar-refractivity contribution >= 4 is 17.7 Å². The molecule has 0 aliphatic carbocycles. The van der Waals surface area contributed by atoms with Crippen LogP contribution < -0.4 is 5.73 Å². The number of hydrogen-bond acceptors (Lipinski definition) is 3. The van der Waals surface area contributed by atoms with Crippen LogP contribution in [-0.2, 0) is 4.79 Å². The van der Waals surface area contributed by atoms with Crippen molar-refractivity contribution in [3.05, 3.63) is 0 Å². The Hall–Kier alpha value is -0.220. The molecular formula is C10H20N2OS. The third-order valence-electron chi connectivity index (χ3n) is 2.67. The molecule has 0 bridgehead atoms. The summed E-state index contributed by atoms with van der Waals surface area (Å²) in [5.41, 5.74) is 5.46. The van der Waals surface area contributed by atoms with Gasteiger partial charge in [0.2, 0.25) is 5.91 Å². The van der Waals surface area contributed by atoms with Gasteiger partial charge in [-0.1, -0.05) is 6.92 Å². The molecule has 3 nitrogen and oxygen atoms in total. The Balaban J connectivity index is 2.49. The van der Waals surface area contributed by atoms with Gasteiger partial charge in [-0.05, 0) is 19.9 Å². The second-order valence-electron chi connectivity index (χ2n) is 3.93. The van der Waals surface area contributed by atoms with Crippen LogP contribution in [0.5, 0.6) is 0 Å². The number of hydrogen-bond donors (Lipinski definition) is 1. The molecule has 1 aliphatic heterocycles. The molecular weight excluding hydrogens is 196 g/mol. The normalized spacial score (nSPS) is 24.8. The fourth-order valence-corrected chi connectivity index (χ4v) is 2.72. The number of carbonyl (C=O) groups excluding carboxylic acids is 1. The molecule has 0 aromatic heterocycles. The minimum Gasteiger partial charge on any atom is -0.338 e. The standard InChI is InChI=1S/C10H20N2OS/c1-8(3-4-11)10(13)12-5-6-14-7-9(12)2/h8-9H,3-7,11H2,1-2H3. The first-order valence-corrected chi connectivity index (χ1v) is 6.40. The maximum absolute atomic E-state index is 12.0. The van der Waals surface area contributed by atoms with Crippen molar-refractivity contribution < 1.29 is 4.79 Å². The van der Waals surface area contributed by atoms with Crippen LogP contribution in [0.3, 0.4) is 0 Å². The molecule has 0 radical (unpaired) electrons. The molecule has 1 rings (SSSR count). The Labute approximate surface area is 90.4 Å². The largest absolute Gasteiger partial charge is 0.338 e. The van der Waals surface area contributed by atoms with Gasteiger partial charge in [0.1, 0.15) is 0 Å². The lowest BCUT2D eigenvalue weighted by Crippen LogP contribution is -2.46. The minimum atomic E-state index is 0.0885. The van der Waals surface area contributed by atoms with Crippen molar-refractivity contribution in [1.29, 1.82) is 0 Å². The second kappa shape index (κ2) is 5.61. The smallest absolute Gasteiger partial charge is 0.225 e. The lowest BCUT2D eigenvalue weighted by molar-refractivity contribution is -0.136. The van der Waals surface area contributed by atoms with E-state index in [0.717, 1.165) is 24.5 Å². The van der Waals surface area contributed by atoms with Crippen LogP contribution in [0.1, 0.15) is 20.3 Å². The van der Waals surface area contributed by atoms with E-state index in [4.69, 9.17) is 5.73 Å². The van der Waals surface area contributed by atoms with Gasteiger partial charge in [-0.15, -0.1) is 0 Å². The molecule has 2 N–H and O–H groups in total. The number of carbonyl (C=O) groups is 1. The minimum absolute atomic E-state index is 0.0885. The molecule has 1 aliphatic rings. The first-order valence-electron chi connectivity index (χ1n) is 5.25. The SMILES string of the molecule is CC(CCN)C(=O)N1CCSCC1C. The van der Waals surface area contributed by atoms with E-state index >= 15 is 0 Å². The Morgan fingerprint density at radius 1 is 1.71 bits per heavy atom. The van der Waals surface area contributed by atoms with Crippen molar-refractivity contribution in [2.75, 3.05) is 24.6 Å². The van der Waals surface area contributed by atoms with Crippen molar-refractivity contribution in [2.45, 2.75) is 26.3 Å². The van der Waals surface area contributed by atoms with Crippen molar-refractivity contribution in [1.82, 2.24) is 4.90 Å². The summed E-state index contributed by atoms with van der Waals surface area (Å²) < 4.78 is 0. The van der Waals surface area contributed by atoms with E-state index in [9.17, 15) is 4.79 Å². The van der Waals surface area contributed by atoms with Gasteiger partial charge in [0.15, 0.2) is 0 Å². The van der Waals surface area contributed by atoms with E-state index in [2.05, 4.69) is 6.92 Å². The fourth-order valence-electron chi connectivity index (χ4n) is 1.71. The quantitative estimate of drug-likeness (QED) is 0.763. The van der Waals surface area contributed by atoms with Gasteiger partial charge < -0.3 is 10.6 Å². The molecule has 0 aromatic carbocycles. The van der Waals surface area contributed by atoms with Crippen molar-refractivity contribution in [3.8, 4) is 0 Å². The molecule has 0 aromatic rings. The zero-order chi connectivity index (χ0) is 10.6. The molecule has 2 unspecified atom stereocenters. The fraction of sp³-hybridized carbons (Fsp3) is 0.900. The summed E-state index contributed by atoms with van der Waals surface area (Å²) in [4.78, 5) is 14.0. The summed E-state index contributed by atoms with van der Waals surface area (Å²) in [6.45, 7) is 5.60. The molecule has 1 saturated heterocycles. The van der Waals surface area contributed by atoms with Crippen molar-refractivity contribution in [3.63, 3.8) is 0 Å². The van der Waals surface area contributed by atoms with Gasteiger partial charge in [-0.2, -0.15) is 11.8 Å². The molecule has 82 valence electrons. The van der Waals surface area contributed by atoms with Crippen LogP contribution in [0.15, 0.2) is 0 Å². The zero-order valence-corrected chi connectivity index (χ0v) is 9.85. The average Bonchev–Trinajstić information content (AvgIpc) is 2.18. The summed E-state index contributed by atoms with van der Waals surface area (Å²) in [7, 11) is 0. The summed E-state index contributed by atoms with van der Waals surface area (Å²) in [5, 5.41) is 0. The Morgan fingerprint density at radius 3 is 3.00 bits per heavy atom. The van der Waals surface area contributed by atoms with Crippen LogP contribution in [0.25, 0.3) is 0 Å². The molecule has 4 heteroatoms. The number of nitrogens with two attached hydrogens (primary N) is 1. The van der Waals surface area contributed by atoms with E-state index in [1.807, 2.05) is 23.6 Å². The highest BCUT2D eigenvalue weighted by atomic mass is 32.2. The summed E-state index contributed by atoms with van der Waals surface area (Å²) >= 11 is 1.93. The summed E-state index contributed by atoms with van der Waals surface area (Å²) in [5.74, 6) is 2.51. The topological polar surface area (TPSA) is 46.3 Å². The van der Waals surface area contributed by atoms with Crippen LogP contribution in [0.2, 0.25) is 0 Å². The van der Waals surface area contributed by atoms with E-state index in [0.29, 0.717) is 12.6 Å². The van der Waals surface area contributed by atoms with Gasteiger partial charge in [0.25, 0.3) is 0 Å². The van der Waals surface area contributed by atoms with Crippen LogP contribution >= 0.6 is 11.8 Å². The van der Waals surface area contributed by atoms with Crippen LogP contribution in [-0.4, -0.2) is 41.4 Å². The predicted molar refractivity (Wildman–Crippen MR) is 61.3 cm³/mol. The molecule has 2 atom stereocenters. The van der Waals surface area contributed by atoms with Crippen LogP contribution in [0.4, 0.5) is 0 Å². The molecule has 1 heterocycles. The highest BCUT2D eigenvalue weighted by Crippen LogP contribution is 2.19. The first kappa shape index (κ1) is 11.9. The Morgan fingerprint density at radius 2 is 2.43 bits per heavy atom. The third-order valence-corrected chi connectivity index (χ3v) is 3.86. The van der Waals surface area contributed by atoms with E-state index in [1.165, 1.54) is 0 Å². The maximum Gasteiger partial charge on any atom is 0.225 e. The summed E-state index contributed by atoms with van der Waals surface area (Å²) in [6.07, 6.45) is 0.801. The molecule has 1 fully saturated rings. The predicted octanol–water partition coefficient (Wildman–Crippen LogP) is 0.935.